The summed E-state index contributed by atoms with van der Waals surface area (Å²) in [6.45, 7) is 2.70. The SMILES string of the molecule is Cc1csc(CCCNC(=O)CCNC(=O)c2ccccc2F)n1. The number of hydrogen-bond acceptors (Lipinski definition) is 4. The minimum Gasteiger partial charge on any atom is -0.356 e. The Kier molecular flexibility index (Phi) is 6.87. The van der Waals surface area contributed by atoms with Gasteiger partial charge in [0.15, 0.2) is 0 Å². The molecule has 0 unspecified atom stereocenters. The molecule has 0 aliphatic carbocycles. The van der Waals surface area contributed by atoms with Crippen LogP contribution in [0.25, 0.3) is 0 Å². The number of carbonyl (C=O) groups is 2. The zero-order chi connectivity index (χ0) is 17.4. The maximum absolute atomic E-state index is 13.4. The van der Waals surface area contributed by atoms with Gasteiger partial charge in [-0.25, -0.2) is 9.37 Å². The Hall–Kier alpha value is -2.28. The molecule has 0 bridgehead atoms. The molecular weight excluding hydrogens is 329 g/mol. The minimum atomic E-state index is -0.572. The molecular formula is C17H20FN3O2S. The molecule has 2 rings (SSSR count). The van der Waals surface area contributed by atoms with Crippen molar-refractivity contribution in [3.63, 3.8) is 0 Å². The number of amides is 2. The van der Waals surface area contributed by atoms with Crippen LogP contribution in [0.5, 0.6) is 0 Å². The molecule has 2 aromatic rings. The number of thiazole rings is 1. The first kappa shape index (κ1) is 18.1. The van der Waals surface area contributed by atoms with Crippen LogP contribution < -0.4 is 10.6 Å². The van der Waals surface area contributed by atoms with Crippen molar-refractivity contribution in [1.82, 2.24) is 15.6 Å². The van der Waals surface area contributed by atoms with Gasteiger partial charge >= 0.3 is 0 Å². The van der Waals surface area contributed by atoms with E-state index in [2.05, 4.69) is 15.6 Å². The lowest BCUT2D eigenvalue weighted by Gasteiger charge is -2.07. The molecule has 0 atom stereocenters. The van der Waals surface area contributed by atoms with E-state index in [9.17, 15) is 14.0 Å². The number of nitrogens with one attached hydrogen (secondary N) is 2. The van der Waals surface area contributed by atoms with Gasteiger partial charge in [0.05, 0.1) is 10.6 Å². The first-order valence-corrected chi connectivity index (χ1v) is 8.64. The molecule has 1 aromatic heterocycles. The average Bonchev–Trinajstić information content (AvgIpc) is 2.97. The van der Waals surface area contributed by atoms with E-state index in [-0.39, 0.29) is 24.4 Å². The van der Waals surface area contributed by atoms with Gasteiger partial charge in [0.25, 0.3) is 5.91 Å². The van der Waals surface area contributed by atoms with Crippen LogP contribution >= 0.6 is 11.3 Å². The monoisotopic (exact) mass is 349 g/mol. The summed E-state index contributed by atoms with van der Waals surface area (Å²) in [7, 11) is 0. The Morgan fingerprint density at radius 3 is 2.71 bits per heavy atom. The van der Waals surface area contributed by atoms with Crippen LogP contribution in [0, 0.1) is 12.7 Å². The number of carbonyl (C=O) groups excluding carboxylic acids is 2. The molecule has 2 N–H and O–H groups in total. The van der Waals surface area contributed by atoms with Crippen LogP contribution in [0.1, 0.15) is 33.9 Å². The fraction of sp³-hybridized carbons (Fsp3) is 0.353. The van der Waals surface area contributed by atoms with Crippen LogP contribution in [-0.2, 0) is 11.2 Å². The molecule has 7 heteroatoms. The first-order chi connectivity index (χ1) is 11.6. The number of benzene rings is 1. The molecule has 1 heterocycles. The van der Waals surface area contributed by atoms with Crippen LogP contribution in [0.3, 0.4) is 0 Å². The van der Waals surface area contributed by atoms with Gasteiger partial charge < -0.3 is 10.6 Å². The topological polar surface area (TPSA) is 71.1 Å². The van der Waals surface area contributed by atoms with Crippen molar-refractivity contribution >= 4 is 23.2 Å². The number of hydrogen-bond donors (Lipinski definition) is 2. The van der Waals surface area contributed by atoms with Crippen molar-refractivity contribution in [2.24, 2.45) is 0 Å². The smallest absolute Gasteiger partial charge is 0.254 e. The van der Waals surface area contributed by atoms with E-state index in [4.69, 9.17) is 0 Å². The summed E-state index contributed by atoms with van der Waals surface area (Å²) < 4.78 is 13.4. The largest absolute Gasteiger partial charge is 0.356 e. The van der Waals surface area contributed by atoms with Gasteiger partial charge in [-0.3, -0.25) is 9.59 Å². The van der Waals surface area contributed by atoms with Crippen molar-refractivity contribution in [2.45, 2.75) is 26.2 Å². The van der Waals surface area contributed by atoms with Crippen molar-refractivity contribution in [3.8, 4) is 0 Å². The molecule has 0 fully saturated rings. The standard InChI is InChI=1S/C17H20FN3O2S/c1-12-11-24-16(21-12)7-4-9-19-15(22)8-10-20-17(23)13-5-2-3-6-14(13)18/h2-3,5-6,11H,4,7-10H2,1H3,(H,19,22)(H,20,23). The molecule has 24 heavy (non-hydrogen) atoms. The minimum absolute atomic E-state index is 0.0170. The van der Waals surface area contributed by atoms with Crippen LogP contribution in [0.2, 0.25) is 0 Å². The molecule has 0 saturated carbocycles. The lowest BCUT2D eigenvalue weighted by molar-refractivity contribution is -0.120. The summed E-state index contributed by atoms with van der Waals surface area (Å²) in [5.41, 5.74) is 1.00. The van der Waals surface area contributed by atoms with Gasteiger partial charge in [0.2, 0.25) is 5.91 Å². The lowest BCUT2D eigenvalue weighted by Crippen LogP contribution is -2.31. The van der Waals surface area contributed by atoms with E-state index < -0.39 is 11.7 Å². The van der Waals surface area contributed by atoms with Crippen molar-refractivity contribution < 1.29 is 14.0 Å². The molecule has 0 spiro atoms. The number of aromatic nitrogens is 1. The van der Waals surface area contributed by atoms with E-state index in [1.807, 2.05) is 12.3 Å². The highest BCUT2D eigenvalue weighted by molar-refractivity contribution is 7.09. The van der Waals surface area contributed by atoms with E-state index in [0.717, 1.165) is 23.5 Å². The highest BCUT2D eigenvalue weighted by Gasteiger charge is 2.10. The molecule has 128 valence electrons. The highest BCUT2D eigenvalue weighted by Crippen LogP contribution is 2.10. The van der Waals surface area contributed by atoms with Crippen molar-refractivity contribution in [2.75, 3.05) is 13.1 Å². The summed E-state index contributed by atoms with van der Waals surface area (Å²) in [5.74, 6) is -1.23. The first-order valence-electron chi connectivity index (χ1n) is 7.76. The van der Waals surface area contributed by atoms with Gasteiger partial charge in [-0.1, -0.05) is 12.1 Å². The third-order valence-electron chi connectivity index (χ3n) is 3.31. The molecule has 0 saturated heterocycles. The van der Waals surface area contributed by atoms with Crippen molar-refractivity contribution in [1.29, 1.82) is 0 Å². The predicted octanol–water partition coefficient (Wildman–Crippen LogP) is 2.46. The molecule has 5 nitrogen and oxygen atoms in total. The van der Waals surface area contributed by atoms with Gasteiger partial charge in [-0.2, -0.15) is 0 Å². The van der Waals surface area contributed by atoms with Crippen LogP contribution in [0.15, 0.2) is 29.6 Å². The average molecular weight is 349 g/mol. The predicted molar refractivity (Wildman–Crippen MR) is 91.5 cm³/mol. The third-order valence-corrected chi connectivity index (χ3v) is 4.34. The normalized spacial score (nSPS) is 10.4. The molecule has 0 radical (unpaired) electrons. The van der Waals surface area contributed by atoms with Crippen LogP contribution in [0.4, 0.5) is 4.39 Å². The lowest BCUT2D eigenvalue weighted by atomic mass is 10.2. The Labute approximate surface area is 144 Å². The van der Waals surface area contributed by atoms with E-state index >= 15 is 0 Å². The molecule has 0 aliphatic heterocycles. The fourth-order valence-corrected chi connectivity index (χ4v) is 2.92. The van der Waals surface area contributed by atoms with Crippen molar-refractivity contribution in [3.05, 3.63) is 51.7 Å². The van der Waals surface area contributed by atoms with Gasteiger partial charge in [0.1, 0.15) is 5.82 Å². The van der Waals surface area contributed by atoms with E-state index in [0.29, 0.717) is 6.54 Å². The van der Waals surface area contributed by atoms with Crippen LogP contribution in [-0.4, -0.2) is 29.9 Å². The number of rotatable bonds is 8. The zero-order valence-corrected chi connectivity index (χ0v) is 14.3. The summed E-state index contributed by atoms with van der Waals surface area (Å²) >= 11 is 1.62. The van der Waals surface area contributed by atoms with Gasteiger partial charge in [-0.05, 0) is 25.5 Å². The maximum atomic E-state index is 13.4. The van der Waals surface area contributed by atoms with Gasteiger partial charge in [-0.15, -0.1) is 11.3 Å². The van der Waals surface area contributed by atoms with Gasteiger partial charge in [0, 0.05) is 37.0 Å². The Bertz CT molecular complexity index is 703. The van der Waals surface area contributed by atoms with E-state index in [1.165, 1.54) is 18.2 Å². The third kappa shape index (κ3) is 5.73. The molecule has 0 aliphatic rings. The fourth-order valence-electron chi connectivity index (χ4n) is 2.10. The second kappa shape index (κ2) is 9.12. The zero-order valence-electron chi connectivity index (χ0n) is 13.5. The summed E-state index contributed by atoms with van der Waals surface area (Å²) in [4.78, 5) is 27.8. The second-order valence-corrected chi connectivity index (χ2v) is 6.26. The summed E-state index contributed by atoms with van der Waals surface area (Å²) in [6.07, 6.45) is 1.82. The maximum Gasteiger partial charge on any atom is 0.254 e. The Balaban J connectivity index is 1.59. The summed E-state index contributed by atoms with van der Waals surface area (Å²) in [6, 6.07) is 5.75. The Morgan fingerprint density at radius 2 is 2.00 bits per heavy atom. The number of aryl methyl sites for hydroxylation is 2. The van der Waals surface area contributed by atoms with E-state index in [1.54, 1.807) is 17.4 Å². The quantitative estimate of drug-likeness (QED) is 0.719. The number of halogens is 1. The molecule has 1 aromatic carbocycles. The molecule has 2 amide bonds. The highest BCUT2D eigenvalue weighted by atomic mass is 32.1. The summed E-state index contributed by atoms with van der Waals surface area (Å²) in [5, 5.41) is 8.41. The number of nitrogens with zero attached hydrogens (tertiary/aromatic N) is 1. The Morgan fingerprint density at radius 1 is 1.21 bits per heavy atom. The second-order valence-electron chi connectivity index (χ2n) is 5.32.